The highest BCUT2D eigenvalue weighted by atomic mass is 35.5. The van der Waals surface area contributed by atoms with Gasteiger partial charge in [0.25, 0.3) is 0 Å². The molecule has 0 fully saturated rings. The molecule has 1 rings (SSSR count). The number of benzene rings is 1. The first-order valence-electron chi connectivity index (χ1n) is 3.96. The van der Waals surface area contributed by atoms with E-state index in [2.05, 4.69) is 22.4 Å². The zero-order chi connectivity index (χ0) is 11.4. The molecule has 80 valence electrons. The van der Waals surface area contributed by atoms with Crippen LogP contribution in [-0.4, -0.2) is 19.0 Å². The van der Waals surface area contributed by atoms with E-state index in [9.17, 15) is 4.79 Å². The van der Waals surface area contributed by atoms with Crippen LogP contribution in [0.25, 0.3) is 0 Å². The number of ether oxygens (including phenoxy) is 1. The SMILES string of the molecule is COC(=O)/N=C(\N)c1c(S)cccc1Cl. The second kappa shape index (κ2) is 5.04. The Kier molecular flexibility index (Phi) is 3.99. The first kappa shape index (κ1) is 11.9. The van der Waals surface area contributed by atoms with E-state index in [4.69, 9.17) is 17.3 Å². The fraction of sp³-hybridized carbons (Fsp3) is 0.111. The third kappa shape index (κ3) is 2.87. The Bertz CT molecular complexity index is 400. The van der Waals surface area contributed by atoms with E-state index in [-0.39, 0.29) is 5.84 Å². The van der Waals surface area contributed by atoms with Gasteiger partial charge in [0, 0.05) is 10.5 Å². The topological polar surface area (TPSA) is 64.7 Å². The number of methoxy groups -OCH3 is 1. The highest BCUT2D eigenvalue weighted by Gasteiger charge is 2.10. The average molecular weight is 245 g/mol. The van der Waals surface area contributed by atoms with Crippen LogP contribution in [0.15, 0.2) is 28.1 Å². The quantitative estimate of drug-likeness (QED) is 0.452. The second-order valence-electron chi connectivity index (χ2n) is 2.60. The van der Waals surface area contributed by atoms with Gasteiger partial charge in [0.1, 0.15) is 5.84 Å². The maximum absolute atomic E-state index is 10.9. The number of carbonyl (C=O) groups is 1. The molecule has 0 radical (unpaired) electrons. The van der Waals surface area contributed by atoms with Crippen LogP contribution in [0.3, 0.4) is 0 Å². The number of hydrogen-bond acceptors (Lipinski definition) is 3. The molecule has 0 bridgehead atoms. The van der Waals surface area contributed by atoms with Gasteiger partial charge in [0.15, 0.2) is 0 Å². The van der Waals surface area contributed by atoms with Crippen molar-refractivity contribution in [3.8, 4) is 0 Å². The number of amides is 1. The molecule has 1 amide bonds. The first-order chi connectivity index (χ1) is 7.06. The van der Waals surface area contributed by atoms with Gasteiger partial charge < -0.3 is 10.5 Å². The lowest BCUT2D eigenvalue weighted by Crippen LogP contribution is -2.17. The highest BCUT2D eigenvalue weighted by molar-refractivity contribution is 7.80. The Hall–Kier alpha value is -1.20. The zero-order valence-corrected chi connectivity index (χ0v) is 9.55. The lowest BCUT2D eigenvalue weighted by molar-refractivity contribution is 0.182. The normalized spacial score (nSPS) is 11.3. The van der Waals surface area contributed by atoms with Crippen LogP contribution in [0.1, 0.15) is 5.56 Å². The van der Waals surface area contributed by atoms with Crippen molar-refractivity contribution in [2.24, 2.45) is 10.7 Å². The minimum absolute atomic E-state index is 0.0162. The average Bonchev–Trinajstić information content (AvgIpc) is 2.17. The number of rotatable bonds is 1. The molecule has 0 saturated heterocycles. The largest absolute Gasteiger partial charge is 0.451 e. The van der Waals surface area contributed by atoms with Crippen LogP contribution in [0, 0.1) is 0 Å². The monoisotopic (exact) mass is 244 g/mol. The molecule has 0 aliphatic rings. The van der Waals surface area contributed by atoms with E-state index >= 15 is 0 Å². The van der Waals surface area contributed by atoms with E-state index < -0.39 is 6.09 Å². The Balaban J connectivity index is 3.16. The van der Waals surface area contributed by atoms with Crippen molar-refractivity contribution >= 4 is 36.2 Å². The summed E-state index contributed by atoms with van der Waals surface area (Å²) in [5.74, 6) is -0.0162. The van der Waals surface area contributed by atoms with Crippen LogP contribution in [-0.2, 0) is 4.74 Å². The van der Waals surface area contributed by atoms with Crippen LogP contribution < -0.4 is 5.73 Å². The molecule has 1 aromatic carbocycles. The number of hydrogen-bond donors (Lipinski definition) is 2. The molecule has 15 heavy (non-hydrogen) atoms. The highest BCUT2D eigenvalue weighted by Crippen LogP contribution is 2.22. The predicted molar refractivity (Wildman–Crippen MR) is 61.8 cm³/mol. The molecule has 0 atom stereocenters. The van der Waals surface area contributed by atoms with E-state index in [0.29, 0.717) is 15.5 Å². The van der Waals surface area contributed by atoms with Gasteiger partial charge in [0.05, 0.1) is 12.1 Å². The molecular formula is C9H9ClN2O2S. The van der Waals surface area contributed by atoms with Crippen molar-refractivity contribution in [2.45, 2.75) is 4.90 Å². The first-order valence-corrected chi connectivity index (χ1v) is 4.78. The number of nitrogens with two attached hydrogens (primary N) is 1. The van der Waals surface area contributed by atoms with Gasteiger partial charge in [0.2, 0.25) is 0 Å². The number of aliphatic imine (C=N–C) groups is 1. The summed E-state index contributed by atoms with van der Waals surface area (Å²) in [6.07, 6.45) is -0.778. The predicted octanol–water partition coefficient (Wildman–Crippen LogP) is 2.10. The van der Waals surface area contributed by atoms with Crippen LogP contribution in [0.5, 0.6) is 0 Å². The summed E-state index contributed by atoms with van der Waals surface area (Å²) >= 11 is 10.1. The summed E-state index contributed by atoms with van der Waals surface area (Å²) < 4.78 is 4.35. The lowest BCUT2D eigenvalue weighted by Gasteiger charge is -2.05. The summed E-state index contributed by atoms with van der Waals surface area (Å²) in [6, 6.07) is 5.06. The van der Waals surface area contributed by atoms with E-state index in [0.717, 1.165) is 0 Å². The lowest BCUT2D eigenvalue weighted by atomic mass is 10.2. The fourth-order valence-electron chi connectivity index (χ4n) is 0.966. The van der Waals surface area contributed by atoms with Crippen molar-refractivity contribution < 1.29 is 9.53 Å². The molecule has 0 saturated carbocycles. The molecule has 4 nitrogen and oxygen atoms in total. The van der Waals surface area contributed by atoms with E-state index in [1.54, 1.807) is 18.2 Å². The van der Waals surface area contributed by atoms with Gasteiger partial charge in [-0.1, -0.05) is 17.7 Å². The van der Waals surface area contributed by atoms with Crippen LogP contribution in [0.4, 0.5) is 4.79 Å². The van der Waals surface area contributed by atoms with Gasteiger partial charge in [-0.15, -0.1) is 12.6 Å². The molecular weight excluding hydrogens is 236 g/mol. The standard InChI is InChI=1S/C9H9ClN2O2S/c1-14-9(13)12-8(11)7-5(10)3-2-4-6(7)15/h2-4,15H,1H3,(H2,11,12,13). The summed E-state index contributed by atoms with van der Waals surface area (Å²) in [7, 11) is 1.22. The molecule has 1 aromatic rings. The van der Waals surface area contributed by atoms with E-state index in [1.807, 2.05) is 0 Å². The molecule has 0 aromatic heterocycles. The summed E-state index contributed by atoms with van der Waals surface area (Å²) in [4.78, 5) is 14.9. The van der Waals surface area contributed by atoms with Crippen molar-refractivity contribution in [2.75, 3.05) is 7.11 Å². The number of amidine groups is 1. The van der Waals surface area contributed by atoms with Crippen molar-refractivity contribution in [3.05, 3.63) is 28.8 Å². The molecule has 6 heteroatoms. The Labute approximate surface area is 97.5 Å². The zero-order valence-electron chi connectivity index (χ0n) is 7.90. The smallest absolute Gasteiger partial charge is 0.435 e. The maximum atomic E-state index is 10.9. The number of halogens is 1. The molecule has 0 aliphatic carbocycles. The van der Waals surface area contributed by atoms with Gasteiger partial charge >= 0.3 is 6.09 Å². The Morgan fingerprint density at radius 1 is 1.60 bits per heavy atom. The number of carbonyl (C=O) groups excluding carboxylic acids is 1. The van der Waals surface area contributed by atoms with E-state index in [1.165, 1.54) is 7.11 Å². The van der Waals surface area contributed by atoms with Crippen molar-refractivity contribution in [1.29, 1.82) is 0 Å². The van der Waals surface area contributed by atoms with Gasteiger partial charge in [-0.3, -0.25) is 0 Å². The molecule has 0 heterocycles. The fourth-order valence-corrected chi connectivity index (χ4v) is 1.62. The van der Waals surface area contributed by atoms with Crippen molar-refractivity contribution in [1.82, 2.24) is 0 Å². The van der Waals surface area contributed by atoms with Gasteiger partial charge in [-0.25, -0.2) is 4.79 Å². The summed E-state index contributed by atoms with van der Waals surface area (Å²) in [5, 5.41) is 0.382. The Morgan fingerprint density at radius 3 is 2.80 bits per heavy atom. The summed E-state index contributed by atoms with van der Waals surface area (Å²) in [6.45, 7) is 0. The number of nitrogens with zero attached hydrogens (tertiary/aromatic N) is 1. The number of thiol groups is 1. The Morgan fingerprint density at radius 2 is 2.27 bits per heavy atom. The third-order valence-electron chi connectivity index (χ3n) is 1.63. The minimum Gasteiger partial charge on any atom is -0.451 e. The van der Waals surface area contributed by atoms with Crippen molar-refractivity contribution in [3.63, 3.8) is 0 Å². The molecule has 0 aliphatic heterocycles. The second-order valence-corrected chi connectivity index (χ2v) is 3.49. The molecule has 2 N–H and O–H groups in total. The summed E-state index contributed by atoms with van der Waals surface area (Å²) in [5.41, 5.74) is 6.01. The maximum Gasteiger partial charge on any atom is 0.435 e. The molecule has 0 unspecified atom stereocenters. The van der Waals surface area contributed by atoms with Crippen LogP contribution in [0.2, 0.25) is 5.02 Å². The van der Waals surface area contributed by atoms with Crippen LogP contribution >= 0.6 is 24.2 Å². The molecule has 0 spiro atoms. The minimum atomic E-state index is -0.778. The van der Waals surface area contributed by atoms with Gasteiger partial charge in [-0.2, -0.15) is 4.99 Å². The third-order valence-corrected chi connectivity index (χ3v) is 2.32. The van der Waals surface area contributed by atoms with Gasteiger partial charge in [-0.05, 0) is 12.1 Å².